The molecule has 5 nitrogen and oxygen atoms in total. The summed E-state index contributed by atoms with van der Waals surface area (Å²) in [7, 11) is 0. The lowest BCUT2D eigenvalue weighted by Crippen LogP contribution is -2.39. The van der Waals surface area contributed by atoms with Gasteiger partial charge >= 0.3 is 5.97 Å². The van der Waals surface area contributed by atoms with Gasteiger partial charge in [-0.2, -0.15) is 0 Å². The molecule has 4 N–H and O–H groups in total. The number of benzene rings is 1. The third-order valence-electron chi connectivity index (χ3n) is 3.65. The Morgan fingerprint density at radius 1 is 1.25 bits per heavy atom. The molecule has 0 aromatic heterocycles. The molecule has 6 heteroatoms. The Labute approximate surface area is 116 Å². The molecule has 1 aliphatic rings. The molecule has 1 aromatic carbocycles. The number of carbonyl (C=O) groups excluding carboxylic acids is 1. The Bertz CT molecular complexity index is 525. The standard InChI is InChI=1S/C14H17FN2O3/c15-12-7-9(16)3-6-11(12)13(18)17-10-4-1-8(2-5-10)14(19)20/h3,6-8,10H,1-2,4-5,16H2,(H,17,18)(H,19,20). The number of hydrogen-bond donors (Lipinski definition) is 3. The number of nitrogens with one attached hydrogen (secondary N) is 1. The van der Waals surface area contributed by atoms with Crippen LogP contribution in [0, 0.1) is 11.7 Å². The molecule has 1 aliphatic carbocycles. The number of carboxylic acids is 1. The average molecular weight is 280 g/mol. The lowest BCUT2D eigenvalue weighted by atomic mass is 9.86. The fraction of sp³-hybridized carbons (Fsp3) is 0.429. The summed E-state index contributed by atoms with van der Waals surface area (Å²) in [5.74, 6) is -2.27. The van der Waals surface area contributed by atoms with E-state index in [1.54, 1.807) is 0 Å². The normalized spacial score (nSPS) is 22.2. The number of amides is 1. The maximum absolute atomic E-state index is 13.6. The van der Waals surface area contributed by atoms with Crippen molar-refractivity contribution in [2.45, 2.75) is 31.7 Å². The van der Waals surface area contributed by atoms with Crippen LogP contribution in [0.1, 0.15) is 36.0 Å². The molecule has 1 saturated carbocycles. The molecule has 108 valence electrons. The van der Waals surface area contributed by atoms with Crippen LogP contribution in [-0.4, -0.2) is 23.0 Å². The Balaban J connectivity index is 1.94. The van der Waals surface area contributed by atoms with Crippen molar-refractivity contribution in [3.05, 3.63) is 29.6 Å². The molecule has 0 atom stereocenters. The highest BCUT2D eigenvalue weighted by molar-refractivity contribution is 5.95. The lowest BCUT2D eigenvalue weighted by molar-refractivity contribution is -0.142. The van der Waals surface area contributed by atoms with Crippen molar-refractivity contribution < 1.29 is 19.1 Å². The summed E-state index contributed by atoms with van der Waals surface area (Å²) in [4.78, 5) is 22.8. The van der Waals surface area contributed by atoms with Gasteiger partial charge in [-0.25, -0.2) is 4.39 Å². The van der Waals surface area contributed by atoms with Gasteiger partial charge in [-0.3, -0.25) is 9.59 Å². The first-order valence-corrected chi connectivity index (χ1v) is 6.56. The number of aliphatic carboxylic acids is 1. The average Bonchev–Trinajstić information content (AvgIpc) is 2.39. The van der Waals surface area contributed by atoms with Gasteiger partial charge in [0.25, 0.3) is 5.91 Å². The Kier molecular flexibility index (Phi) is 4.22. The molecule has 1 aromatic rings. The molecule has 20 heavy (non-hydrogen) atoms. The second kappa shape index (κ2) is 5.90. The Morgan fingerprint density at radius 3 is 2.45 bits per heavy atom. The third kappa shape index (κ3) is 3.26. The van der Waals surface area contributed by atoms with Crippen LogP contribution < -0.4 is 11.1 Å². The van der Waals surface area contributed by atoms with Crippen molar-refractivity contribution >= 4 is 17.6 Å². The second-order valence-corrected chi connectivity index (χ2v) is 5.10. The molecule has 0 radical (unpaired) electrons. The van der Waals surface area contributed by atoms with Gasteiger partial charge in [0.05, 0.1) is 11.5 Å². The van der Waals surface area contributed by atoms with Gasteiger partial charge < -0.3 is 16.2 Å². The second-order valence-electron chi connectivity index (χ2n) is 5.10. The van der Waals surface area contributed by atoms with Crippen molar-refractivity contribution in [3.63, 3.8) is 0 Å². The zero-order chi connectivity index (χ0) is 14.7. The van der Waals surface area contributed by atoms with Gasteiger partial charge in [-0.05, 0) is 43.9 Å². The first-order chi connectivity index (χ1) is 9.47. The number of nitrogen functional groups attached to an aromatic ring is 1. The van der Waals surface area contributed by atoms with E-state index in [0.717, 1.165) is 6.07 Å². The number of carboxylic acid groups (broad SMARTS) is 1. The largest absolute Gasteiger partial charge is 0.481 e. The fourth-order valence-electron chi connectivity index (χ4n) is 2.46. The monoisotopic (exact) mass is 280 g/mol. The minimum absolute atomic E-state index is 0.0421. The van der Waals surface area contributed by atoms with Crippen LogP contribution >= 0.6 is 0 Å². The minimum atomic E-state index is -0.792. The van der Waals surface area contributed by atoms with Gasteiger partial charge in [0.15, 0.2) is 0 Å². The SMILES string of the molecule is Nc1ccc(C(=O)NC2CCC(C(=O)O)CC2)c(F)c1. The van der Waals surface area contributed by atoms with Crippen LogP contribution in [0.15, 0.2) is 18.2 Å². The van der Waals surface area contributed by atoms with Gasteiger partial charge in [0.1, 0.15) is 5.82 Å². The molecule has 0 bridgehead atoms. The fourth-order valence-corrected chi connectivity index (χ4v) is 2.46. The van der Waals surface area contributed by atoms with Crippen LogP contribution in [-0.2, 0) is 4.79 Å². The zero-order valence-electron chi connectivity index (χ0n) is 10.9. The van der Waals surface area contributed by atoms with Crippen molar-refractivity contribution in [1.29, 1.82) is 0 Å². The molecule has 0 aliphatic heterocycles. The summed E-state index contributed by atoms with van der Waals surface area (Å²) >= 11 is 0. The molecule has 0 saturated heterocycles. The van der Waals surface area contributed by atoms with Crippen molar-refractivity contribution in [2.24, 2.45) is 5.92 Å². The zero-order valence-corrected chi connectivity index (χ0v) is 10.9. The lowest BCUT2D eigenvalue weighted by Gasteiger charge is -2.26. The maximum Gasteiger partial charge on any atom is 0.306 e. The number of halogens is 1. The Hall–Kier alpha value is -2.11. The summed E-state index contributed by atoms with van der Waals surface area (Å²) < 4.78 is 13.6. The van der Waals surface area contributed by atoms with Crippen molar-refractivity contribution in [3.8, 4) is 0 Å². The highest BCUT2D eigenvalue weighted by atomic mass is 19.1. The quantitative estimate of drug-likeness (QED) is 0.736. The molecule has 0 spiro atoms. The molecule has 1 fully saturated rings. The van der Waals surface area contributed by atoms with E-state index in [1.165, 1.54) is 12.1 Å². The predicted molar refractivity (Wildman–Crippen MR) is 71.7 cm³/mol. The molecule has 0 heterocycles. The smallest absolute Gasteiger partial charge is 0.306 e. The van der Waals surface area contributed by atoms with Crippen LogP contribution in [0.5, 0.6) is 0 Å². The highest BCUT2D eigenvalue weighted by Crippen LogP contribution is 2.24. The van der Waals surface area contributed by atoms with Gasteiger partial charge in [-0.15, -0.1) is 0 Å². The van der Waals surface area contributed by atoms with E-state index < -0.39 is 17.7 Å². The first kappa shape index (κ1) is 14.3. The third-order valence-corrected chi connectivity index (χ3v) is 3.65. The highest BCUT2D eigenvalue weighted by Gasteiger charge is 2.27. The number of hydrogen-bond acceptors (Lipinski definition) is 3. The van der Waals surface area contributed by atoms with Crippen molar-refractivity contribution in [1.82, 2.24) is 5.32 Å². The Morgan fingerprint density at radius 2 is 1.90 bits per heavy atom. The summed E-state index contributed by atoms with van der Waals surface area (Å²) in [5, 5.41) is 11.6. The van der Waals surface area contributed by atoms with E-state index in [4.69, 9.17) is 10.8 Å². The summed E-state index contributed by atoms with van der Waals surface area (Å²) in [6, 6.07) is 3.83. The summed E-state index contributed by atoms with van der Waals surface area (Å²) in [5.41, 5.74) is 5.65. The molecule has 2 rings (SSSR count). The molecule has 0 unspecified atom stereocenters. The molecule has 1 amide bonds. The predicted octanol–water partition coefficient (Wildman–Crippen LogP) is 1.78. The van der Waals surface area contributed by atoms with E-state index in [2.05, 4.69) is 5.32 Å². The van der Waals surface area contributed by atoms with Gasteiger partial charge in [0, 0.05) is 11.7 Å². The first-order valence-electron chi connectivity index (χ1n) is 6.56. The van der Waals surface area contributed by atoms with E-state index in [9.17, 15) is 14.0 Å². The van der Waals surface area contributed by atoms with Gasteiger partial charge in [0.2, 0.25) is 0 Å². The van der Waals surface area contributed by atoms with Crippen LogP contribution in [0.4, 0.5) is 10.1 Å². The van der Waals surface area contributed by atoms with E-state index >= 15 is 0 Å². The minimum Gasteiger partial charge on any atom is -0.481 e. The van der Waals surface area contributed by atoms with E-state index in [-0.39, 0.29) is 23.2 Å². The van der Waals surface area contributed by atoms with Gasteiger partial charge in [-0.1, -0.05) is 0 Å². The van der Waals surface area contributed by atoms with Crippen LogP contribution in [0.3, 0.4) is 0 Å². The molecular weight excluding hydrogens is 263 g/mol. The topological polar surface area (TPSA) is 92.4 Å². The number of carbonyl (C=O) groups is 2. The molecular formula is C14H17FN2O3. The van der Waals surface area contributed by atoms with Crippen molar-refractivity contribution in [2.75, 3.05) is 5.73 Å². The number of anilines is 1. The summed E-state index contributed by atoms with van der Waals surface area (Å²) in [6.07, 6.45) is 2.26. The number of nitrogens with two attached hydrogens (primary N) is 1. The number of rotatable bonds is 3. The van der Waals surface area contributed by atoms with Crippen LogP contribution in [0.25, 0.3) is 0 Å². The maximum atomic E-state index is 13.6. The summed E-state index contributed by atoms with van der Waals surface area (Å²) in [6.45, 7) is 0. The van der Waals surface area contributed by atoms with Crippen LogP contribution in [0.2, 0.25) is 0 Å². The van der Waals surface area contributed by atoms with E-state index in [1.807, 2.05) is 0 Å². The van der Waals surface area contributed by atoms with E-state index in [0.29, 0.717) is 25.7 Å².